The Morgan fingerprint density at radius 2 is 1.86 bits per heavy atom. The summed E-state index contributed by atoms with van der Waals surface area (Å²) in [5.74, 6) is 1.36. The second kappa shape index (κ2) is 8.65. The molecule has 0 aliphatic rings. The Hall–Kier alpha value is -3.22. The van der Waals surface area contributed by atoms with Crippen LogP contribution in [0.15, 0.2) is 36.4 Å². The fourth-order valence-corrected chi connectivity index (χ4v) is 2.94. The van der Waals surface area contributed by atoms with Crippen molar-refractivity contribution in [2.45, 2.75) is 34.1 Å². The number of nitrogens with one attached hydrogen (secondary N) is 2. The summed E-state index contributed by atoms with van der Waals surface area (Å²) in [6.45, 7) is 9.16. The van der Waals surface area contributed by atoms with Gasteiger partial charge in [-0.25, -0.2) is 4.68 Å². The third kappa shape index (κ3) is 4.73. The third-order valence-corrected chi connectivity index (χ3v) is 4.72. The highest BCUT2D eigenvalue weighted by Gasteiger charge is 2.10. The molecule has 1 aromatic carbocycles. The molecule has 0 fully saturated rings. The maximum atomic E-state index is 12.0. The summed E-state index contributed by atoms with van der Waals surface area (Å²) < 4.78 is 1.80. The molecule has 2 heterocycles. The molecule has 2 N–H and O–H groups in total. The molecule has 0 atom stereocenters. The largest absolute Gasteiger partial charge is 0.367 e. The van der Waals surface area contributed by atoms with Crippen molar-refractivity contribution in [3.63, 3.8) is 0 Å². The van der Waals surface area contributed by atoms with Gasteiger partial charge in [0.25, 0.3) is 0 Å². The summed E-state index contributed by atoms with van der Waals surface area (Å²) in [5.41, 5.74) is 5.38. The number of amides is 1. The zero-order valence-electron chi connectivity index (χ0n) is 16.8. The Kier molecular flexibility index (Phi) is 6.03. The fraction of sp³-hybridized carbons (Fsp3) is 0.333. The minimum atomic E-state index is 0.00808. The second-order valence-electron chi connectivity index (χ2n) is 6.93. The Bertz CT molecular complexity index is 962. The van der Waals surface area contributed by atoms with E-state index in [2.05, 4.69) is 25.9 Å². The molecule has 0 unspecified atom stereocenters. The van der Waals surface area contributed by atoms with Gasteiger partial charge in [-0.15, -0.1) is 10.2 Å². The number of aryl methyl sites for hydroxylation is 2. The fourth-order valence-electron chi connectivity index (χ4n) is 2.94. The van der Waals surface area contributed by atoms with Crippen molar-refractivity contribution in [2.75, 3.05) is 18.4 Å². The average Bonchev–Trinajstić information content (AvgIpc) is 2.93. The van der Waals surface area contributed by atoms with Crippen LogP contribution in [0.25, 0.3) is 5.82 Å². The van der Waals surface area contributed by atoms with Gasteiger partial charge in [-0.1, -0.05) is 29.8 Å². The molecule has 7 heteroatoms. The first-order valence-electron chi connectivity index (χ1n) is 9.37. The quantitative estimate of drug-likeness (QED) is 0.618. The topological polar surface area (TPSA) is 84.7 Å². The highest BCUT2D eigenvalue weighted by molar-refractivity contribution is 5.78. The number of rotatable bonds is 7. The van der Waals surface area contributed by atoms with Crippen LogP contribution in [0.5, 0.6) is 0 Å². The van der Waals surface area contributed by atoms with Crippen molar-refractivity contribution in [2.24, 2.45) is 0 Å². The van der Waals surface area contributed by atoms with Gasteiger partial charge in [0, 0.05) is 18.8 Å². The number of hydrogen-bond acceptors (Lipinski definition) is 5. The highest BCUT2D eigenvalue weighted by Crippen LogP contribution is 2.15. The van der Waals surface area contributed by atoms with Crippen LogP contribution < -0.4 is 10.6 Å². The molecule has 1 amide bonds. The van der Waals surface area contributed by atoms with Crippen LogP contribution in [0.3, 0.4) is 0 Å². The van der Waals surface area contributed by atoms with Crippen molar-refractivity contribution in [1.29, 1.82) is 0 Å². The van der Waals surface area contributed by atoms with Gasteiger partial charge in [0.05, 0.1) is 12.1 Å². The van der Waals surface area contributed by atoms with Gasteiger partial charge in [-0.3, -0.25) is 4.79 Å². The van der Waals surface area contributed by atoms with Crippen LogP contribution in [-0.4, -0.2) is 39.0 Å². The lowest BCUT2D eigenvalue weighted by Crippen LogP contribution is -2.30. The molecule has 7 nitrogen and oxygen atoms in total. The van der Waals surface area contributed by atoms with Gasteiger partial charge < -0.3 is 10.6 Å². The van der Waals surface area contributed by atoms with E-state index in [-0.39, 0.29) is 5.91 Å². The third-order valence-electron chi connectivity index (χ3n) is 4.72. The Balaban J connectivity index is 1.46. The summed E-state index contributed by atoms with van der Waals surface area (Å²) in [7, 11) is 0. The molecular formula is C21H26N6O. The van der Waals surface area contributed by atoms with Crippen LogP contribution in [0, 0.1) is 27.7 Å². The van der Waals surface area contributed by atoms with Gasteiger partial charge in [-0.05, 0) is 51.0 Å². The van der Waals surface area contributed by atoms with Crippen molar-refractivity contribution < 1.29 is 4.79 Å². The number of benzene rings is 1. The van der Waals surface area contributed by atoms with E-state index < -0.39 is 0 Å². The minimum absolute atomic E-state index is 0.00808. The van der Waals surface area contributed by atoms with E-state index in [1.165, 1.54) is 0 Å². The van der Waals surface area contributed by atoms with E-state index >= 15 is 0 Å². The summed E-state index contributed by atoms with van der Waals surface area (Å²) in [6.07, 6.45) is 0.387. The second-order valence-corrected chi connectivity index (χ2v) is 6.93. The van der Waals surface area contributed by atoms with Gasteiger partial charge in [0.2, 0.25) is 5.91 Å². The van der Waals surface area contributed by atoms with Gasteiger partial charge >= 0.3 is 0 Å². The van der Waals surface area contributed by atoms with E-state index in [0.717, 1.165) is 28.1 Å². The van der Waals surface area contributed by atoms with E-state index in [1.54, 1.807) is 4.68 Å². The van der Waals surface area contributed by atoms with Crippen LogP contribution in [0.4, 0.5) is 5.82 Å². The summed E-state index contributed by atoms with van der Waals surface area (Å²) in [4.78, 5) is 12.0. The predicted octanol–water partition coefficient (Wildman–Crippen LogP) is 2.67. The molecule has 146 valence electrons. The normalized spacial score (nSPS) is 10.7. The number of carbonyl (C=O) groups excluding carboxylic acids is 1. The zero-order valence-corrected chi connectivity index (χ0v) is 16.8. The number of nitrogens with zero attached hydrogens (tertiary/aromatic N) is 4. The molecule has 0 saturated heterocycles. The maximum Gasteiger partial charge on any atom is 0.224 e. The highest BCUT2D eigenvalue weighted by atomic mass is 16.1. The standard InChI is InChI=1S/C21H26N6O/c1-14-6-5-7-18(12-14)13-21(28)23-11-10-22-19-8-9-20(25-24-19)27-17(4)15(2)16(3)26-27/h5-9,12H,10-11,13H2,1-4H3,(H,22,24)(H,23,28). The maximum absolute atomic E-state index is 12.0. The molecule has 0 radical (unpaired) electrons. The first-order chi connectivity index (χ1) is 13.4. The Morgan fingerprint density at radius 3 is 2.50 bits per heavy atom. The van der Waals surface area contributed by atoms with E-state index in [0.29, 0.717) is 31.1 Å². The summed E-state index contributed by atoms with van der Waals surface area (Å²) in [6, 6.07) is 11.7. The summed E-state index contributed by atoms with van der Waals surface area (Å²) in [5, 5.41) is 19.0. The van der Waals surface area contributed by atoms with Crippen LogP contribution >= 0.6 is 0 Å². The molecule has 0 saturated carbocycles. The lowest BCUT2D eigenvalue weighted by Gasteiger charge is -2.08. The zero-order chi connectivity index (χ0) is 20.1. The molecule has 2 aromatic heterocycles. The monoisotopic (exact) mass is 378 g/mol. The van der Waals surface area contributed by atoms with Crippen molar-refractivity contribution in [1.82, 2.24) is 25.3 Å². The molecule has 28 heavy (non-hydrogen) atoms. The molecule has 0 bridgehead atoms. The van der Waals surface area contributed by atoms with Crippen LogP contribution in [-0.2, 0) is 11.2 Å². The lowest BCUT2D eigenvalue weighted by molar-refractivity contribution is -0.120. The Labute approximate surface area is 165 Å². The first kappa shape index (κ1) is 19.5. The van der Waals surface area contributed by atoms with Gasteiger partial charge in [0.1, 0.15) is 5.82 Å². The molecule has 0 spiro atoms. The van der Waals surface area contributed by atoms with E-state index in [9.17, 15) is 4.79 Å². The van der Waals surface area contributed by atoms with Gasteiger partial charge in [-0.2, -0.15) is 5.10 Å². The number of carbonyl (C=O) groups is 1. The molecule has 0 aliphatic carbocycles. The molecule has 3 rings (SSSR count). The van der Waals surface area contributed by atoms with E-state index in [1.807, 2.05) is 64.1 Å². The summed E-state index contributed by atoms with van der Waals surface area (Å²) >= 11 is 0. The van der Waals surface area contributed by atoms with Crippen molar-refractivity contribution in [3.8, 4) is 5.82 Å². The number of hydrogen-bond donors (Lipinski definition) is 2. The van der Waals surface area contributed by atoms with Gasteiger partial charge in [0.15, 0.2) is 5.82 Å². The predicted molar refractivity (Wildman–Crippen MR) is 110 cm³/mol. The SMILES string of the molecule is Cc1cccc(CC(=O)NCCNc2ccc(-n3nc(C)c(C)c3C)nn2)c1. The molecule has 0 aliphatic heterocycles. The molecular weight excluding hydrogens is 352 g/mol. The number of anilines is 1. The van der Waals surface area contributed by atoms with Crippen molar-refractivity contribution in [3.05, 3.63) is 64.5 Å². The smallest absolute Gasteiger partial charge is 0.224 e. The Morgan fingerprint density at radius 1 is 1.04 bits per heavy atom. The van der Waals surface area contributed by atoms with Crippen LogP contribution in [0.1, 0.15) is 28.1 Å². The van der Waals surface area contributed by atoms with Crippen LogP contribution in [0.2, 0.25) is 0 Å². The first-order valence-corrected chi connectivity index (χ1v) is 9.37. The van der Waals surface area contributed by atoms with E-state index in [4.69, 9.17) is 0 Å². The van der Waals surface area contributed by atoms with Crippen molar-refractivity contribution >= 4 is 11.7 Å². The lowest BCUT2D eigenvalue weighted by atomic mass is 10.1. The number of aromatic nitrogens is 4. The molecule has 3 aromatic rings. The minimum Gasteiger partial charge on any atom is -0.367 e. The average molecular weight is 378 g/mol.